The summed E-state index contributed by atoms with van der Waals surface area (Å²) in [6, 6.07) is 0.714. The Labute approximate surface area is 105 Å². The zero-order chi connectivity index (χ0) is 12.7. The number of rotatable bonds is 1. The third-order valence-corrected chi connectivity index (χ3v) is 5.73. The summed E-state index contributed by atoms with van der Waals surface area (Å²) in [4.78, 5) is 2.37. The first-order valence-corrected chi connectivity index (χ1v) is 8.28. The van der Waals surface area contributed by atoms with E-state index in [4.69, 9.17) is 0 Å². The molecule has 0 aromatic heterocycles. The van der Waals surface area contributed by atoms with Gasteiger partial charge in [-0.15, -0.1) is 0 Å². The Kier molecular flexibility index (Phi) is 3.54. The van der Waals surface area contributed by atoms with E-state index in [1.165, 1.54) is 0 Å². The molecule has 0 bridgehead atoms. The van der Waals surface area contributed by atoms with Crippen molar-refractivity contribution in [2.45, 2.75) is 39.3 Å². The smallest absolute Gasteiger partial charge is 0.151 e. The first kappa shape index (κ1) is 13.3. The Morgan fingerprint density at radius 1 is 1.29 bits per heavy atom. The third kappa shape index (κ3) is 3.20. The quantitative estimate of drug-likeness (QED) is 0.745. The second kappa shape index (κ2) is 4.52. The number of hydrogen-bond donors (Lipinski definition) is 1. The van der Waals surface area contributed by atoms with Crippen molar-refractivity contribution >= 4 is 9.84 Å². The molecule has 1 N–H and O–H groups in total. The van der Waals surface area contributed by atoms with Crippen molar-refractivity contribution in [2.24, 2.45) is 5.41 Å². The van der Waals surface area contributed by atoms with Gasteiger partial charge in [-0.1, -0.05) is 20.8 Å². The van der Waals surface area contributed by atoms with Gasteiger partial charge in [0.15, 0.2) is 9.84 Å². The molecule has 2 rings (SSSR count). The molecule has 0 spiro atoms. The van der Waals surface area contributed by atoms with Crippen molar-refractivity contribution in [2.75, 3.05) is 31.1 Å². The molecule has 0 radical (unpaired) electrons. The molecule has 2 atom stereocenters. The summed E-state index contributed by atoms with van der Waals surface area (Å²) in [5.74, 6) is 0.742. The molecule has 2 fully saturated rings. The lowest BCUT2D eigenvalue weighted by Gasteiger charge is -2.42. The molecule has 5 heteroatoms. The lowest BCUT2D eigenvalue weighted by molar-refractivity contribution is 0.106. The van der Waals surface area contributed by atoms with Gasteiger partial charge in [-0.2, -0.15) is 0 Å². The maximum absolute atomic E-state index is 11.5. The van der Waals surface area contributed by atoms with Crippen LogP contribution in [0.2, 0.25) is 0 Å². The van der Waals surface area contributed by atoms with Crippen molar-refractivity contribution in [1.29, 1.82) is 0 Å². The molecular formula is C12H24N2O2S. The Balaban J connectivity index is 1.99. The predicted molar refractivity (Wildman–Crippen MR) is 69.9 cm³/mol. The molecule has 2 unspecified atom stereocenters. The minimum absolute atomic E-state index is 0.232. The topological polar surface area (TPSA) is 49.4 Å². The lowest BCUT2D eigenvalue weighted by atomic mass is 9.85. The van der Waals surface area contributed by atoms with Gasteiger partial charge in [-0.05, 0) is 11.8 Å². The molecular weight excluding hydrogens is 236 g/mol. The molecule has 0 saturated carbocycles. The maximum atomic E-state index is 11.5. The number of piperazine rings is 1. The van der Waals surface area contributed by atoms with Crippen LogP contribution in [0.3, 0.4) is 0 Å². The highest BCUT2D eigenvalue weighted by Gasteiger charge is 2.36. The van der Waals surface area contributed by atoms with Crippen LogP contribution in [0.15, 0.2) is 0 Å². The van der Waals surface area contributed by atoms with Crippen LogP contribution < -0.4 is 5.32 Å². The summed E-state index contributed by atoms with van der Waals surface area (Å²) in [6.07, 6.45) is 0.819. The minimum atomic E-state index is -2.76. The third-order valence-electron chi connectivity index (χ3n) is 3.98. The van der Waals surface area contributed by atoms with Crippen LogP contribution in [0.4, 0.5) is 0 Å². The van der Waals surface area contributed by atoms with E-state index < -0.39 is 9.84 Å². The number of nitrogens with zero attached hydrogens (tertiary/aromatic N) is 1. The molecule has 100 valence electrons. The number of sulfone groups is 1. The van der Waals surface area contributed by atoms with Crippen LogP contribution in [-0.4, -0.2) is 56.5 Å². The summed E-state index contributed by atoms with van der Waals surface area (Å²) in [5.41, 5.74) is 0.232. The van der Waals surface area contributed by atoms with E-state index in [1.54, 1.807) is 0 Å². The van der Waals surface area contributed by atoms with E-state index in [1.807, 2.05) is 0 Å². The van der Waals surface area contributed by atoms with Crippen LogP contribution >= 0.6 is 0 Å². The Hall–Kier alpha value is -0.130. The fourth-order valence-electron chi connectivity index (χ4n) is 2.75. The molecule has 17 heavy (non-hydrogen) atoms. The first-order valence-electron chi connectivity index (χ1n) is 6.46. The molecule has 2 aliphatic heterocycles. The Bertz CT molecular complexity index is 372. The number of hydrogen-bond acceptors (Lipinski definition) is 4. The van der Waals surface area contributed by atoms with Gasteiger partial charge in [0, 0.05) is 31.7 Å². The molecule has 0 amide bonds. The SMILES string of the molecule is CC(C)(C)C1CN(C2CCS(=O)(=O)C2)CCN1. The summed E-state index contributed by atoms with van der Waals surface area (Å²) < 4.78 is 23.0. The molecule has 2 heterocycles. The van der Waals surface area contributed by atoms with Crippen LogP contribution in [0, 0.1) is 5.41 Å². The second-order valence-corrected chi connectivity index (χ2v) is 8.65. The highest BCUT2D eigenvalue weighted by molar-refractivity contribution is 7.91. The second-order valence-electron chi connectivity index (χ2n) is 6.42. The van der Waals surface area contributed by atoms with Gasteiger partial charge in [0.25, 0.3) is 0 Å². The summed E-state index contributed by atoms with van der Waals surface area (Å²) in [6.45, 7) is 9.63. The van der Waals surface area contributed by atoms with Crippen molar-refractivity contribution in [3.63, 3.8) is 0 Å². The van der Waals surface area contributed by atoms with E-state index in [-0.39, 0.29) is 11.5 Å². The molecule has 0 aromatic rings. The maximum Gasteiger partial charge on any atom is 0.151 e. The monoisotopic (exact) mass is 260 g/mol. The highest BCUT2D eigenvalue weighted by Crippen LogP contribution is 2.25. The number of nitrogens with one attached hydrogen (secondary N) is 1. The standard InChI is InChI=1S/C12H24N2O2S/c1-12(2,3)11-8-14(6-5-13-11)10-4-7-17(15,16)9-10/h10-11,13H,4-9H2,1-3H3. The minimum Gasteiger partial charge on any atom is -0.311 e. The van der Waals surface area contributed by atoms with Gasteiger partial charge >= 0.3 is 0 Å². The van der Waals surface area contributed by atoms with E-state index in [2.05, 4.69) is 31.0 Å². The highest BCUT2D eigenvalue weighted by atomic mass is 32.2. The average molecular weight is 260 g/mol. The summed E-state index contributed by atoms with van der Waals surface area (Å²) in [7, 11) is -2.76. The van der Waals surface area contributed by atoms with Gasteiger partial charge in [0.05, 0.1) is 11.5 Å². The normalized spacial score (nSPS) is 35.0. The van der Waals surface area contributed by atoms with Gasteiger partial charge in [-0.25, -0.2) is 8.42 Å². The lowest BCUT2D eigenvalue weighted by Crippen LogP contribution is -2.58. The van der Waals surface area contributed by atoms with Crippen molar-refractivity contribution < 1.29 is 8.42 Å². The van der Waals surface area contributed by atoms with E-state index in [0.717, 1.165) is 26.1 Å². The first-order chi connectivity index (χ1) is 7.78. The van der Waals surface area contributed by atoms with E-state index >= 15 is 0 Å². The molecule has 4 nitrogen and oxygen atoms in total. The van der Waals surface area contributed by atoms with Crippen molar-refractivity contribution in [1.82, 2.24) is 10.2 Å². The van der Waals surface area contributed by atoms with Gasteiger partial charge in [-0.3, -0.25) is 4.90 Å². The van der Waals surface area contributed by atoms with E-state index in [9.17, 15) is 8.42 Å². The average Bonchev–Trinajstić information content (AvgIpc) is 2.58. The van der Waals surface area contributed by atoms with Crippen LogP contribution in [-0.2, 0) is 9.84 Å². The fourth-order valence-corrected chi connectivity index (χ4v) is 4.51. The Morgan fingerprint density at radius 3 is 2.53 bits per heavy atom. The largest absolute Gasteiger partial charge is 0.311 e. The zero-order valence-corrected chi connectivity index (χ0v) is 11.9. The van der Waals surface area contributed by atoms with E-state index in [0.29, 0.717) is 17.5 Å². The van der Waals surface area contributed by atoms with Crippen molar-refractivity contribution in [3.05, 3.63) is 0 Å². The summed E-state index contributed by atoms with van der Waals surface area (Å²) in [5, 5.41) is 3.54. The van der Waals surface area contributed by atoms with Crippen LogP contribution in [0.25, 0.3) is 0 Å². The zero-order valence-electron chi connectivity index (χ0n) is 11.1. The molecule has 2 aliphatic rings. The Morgan fingerprint density at radius 2 is 2.00 bits per heavy atom. The van der Waals surface area contributed by atoms with Gasteiger partial charge < -0.3 is 5.32 Å². The fraction of sp³-hybridized carbons (Fsp3) is 1.00. The molecule has 0 aliphatic carbocycles. The predicted octanol–water partition coefficient (Wildman–Crippen LogP) is 0.493. The van der Waals surface area contributed by atoms with Gasteiger partial charge in [0.2, 0.25) is 0 Å². The summed E-state index contributed by atoms with van der Waals surface area (Å²) >= 11 is 0. The van der Waals surface area contributed by atoms with Gasteiger partial charge in [0.1, 0.15) is 0 Å². The van der Waals surface area contributed by atoms with Crippen LogP contribution in [0.1, 0.15) is 27.2 Å². The van der Waals surface area contributed by atoms with Crippen LogP contribution in [0.5, 0.6) is 0 Å². The molecule has 2 saturated heterocycles. The molecule has 0 aromatic carbocycles. The van der Waals surface area contributed by atoms with Crippen molar-refractivity contribution in [3.8, 4) is 0 Å².